The summed E-state index contributed by atoms with van der Waals surface area (Å²) in [6.07, 6.45) is 0. The highest BCUT2D eigenvalue weighted by molar-refractivity contribution is 5.92. The van der Waals surface area contributed by atoms with Crippen molar-refractivity contribution < 1.29 is 19.4 Å². The van der Waals surface area contributed by atoms with Crippen molar-refractivity contribution in [3.8, 4) is 22.6 Å². The molecule has 0 aliphatic rings. The Kier molecular flexibility index (Phi) is 4.25. The topological polar surface area (TPSA) is 55.8 Å². The summed E-state index contributed by atoms with van der Waals surface area (Å²) in [6, 6.07) is 12.6. The van der Waals surface area contributed by atoms with Gasteiger partial charge in [-0.2, -0.15) is 0 Å². The van der Waals surface area contributed by atoms with Gasteiger partial charge < -0.3 is 14.6 Å². The molecule has 2 aromatic carbocycles. The molecule has 4 heteroatoms. The summed E-state index contributed by atoms with van der Waals surface area (Å²) >= 11 is 0. The first-order valence-electron chi connectivity index (χ1n) is 6.30. The minimum absolute atomic E-state index is 0.167. The highest BCUT2D eigenvalue weighted by atomic mass is 16.5. The van der Waals surface area contributed by atoms with Crippen molar-refractivity contribution in [3.63, 3.8) is 0 Å². The lowest BCUT2D eigenvalue weighted by Crippen LogP contribution is -2.03. The van der Waals surface area contributed by atoms with Crippen LogP contribution in [-0.2, 0) is 0 Å². The van der Waals surface area contributed by atoms with Crippen molar-refractivity contribution in [1.29, 1.82) is 0 Å². The van der Waals surface area contributed by atoms with E-state index in [9.17, 15) is 9.90 Å². The van der Waals surface area contributed by atoms with Crippen LogP contribution in [0.1, 0.15) is 17.3 Å². The molecule has 0 fully saturated rings. The fourth-order valence-corrected chi connectivity index (χ4v) is 1.94. The summed E-state index contributed by atoms with van der Waals surface area (Å²) in [7, 11) is 1.61. The van der Waals surface area contributed by atoms with Crippen LogP contribution >= 0.6 is 0 Å². The molecule has 104 valence electrons. The van der Waals surface area contributed by atoms with E-state index in [1.165, 1.54) is 0 Å². The molecule has 0 radical (unpaired) electrons. The number of benzene rings is 2. The number of carboxylic acid groups (broad SMARTS) is 1. The smallest absolute Gasteiger partial charge is 0.339 e. The first-order chi connectivity index (χ1) is 9.65. The van der Waals surface area contributed by atoms with E-state index in [0.717, 1.165) is 16.9 Å². The molecule has 0 aromatic heterocycles. The van der Waals surface area contributed by atoms with Gasteiger partial charge in [-0.15, -0.1) is 0 Å². The van der Waals surface area contributed by atoms with Crippen molar-refractivity contribution >= 4 is 5.97 Å². The van der Waals surface area contributed by atoms with Gasteiger partial charge in [0.15, 0.2) is 0 Å². The summed E-state index contributed by atoms with van der Waals surface area (Å²) in [6.45, 7) is 2.26. The molecule has 0 atom stereocenters. The highest BCUT2D eigenvalue weighted by Crippen LogP contribution is 2.28. The summed E-state index contributed by atoms with van der Waals surface area (Å²) in [4.78, 5) is 11.3. The molecule has 0 saturated carbocycles. The van der Waals surface area contributed by atoms with Gasteiger partial charge in [-0.25, -0.2) is 4.79 Å². The maximum atomic E-state index is 11.3. The predicted molar refractivity (Wildman–Crippen MR) is 76.6 cm³/mol. The van der Waals surface area contributed by atoms with Crippen molar-refractivity contribution in [2.45, 2.75) is 6.92 Å². The van der Waals surface area contributed by atoms with Crippen LogP contribution in [-0.4, -0.2) is 24.8 Å². The number of hydrogen-bond donors (Lipinski definition) is 1. The Labute approximate surface area is 117 Å². The minimum Gasteiger partial charge on any atom is -0.497 e. The monoisotopic (exact) mass is 272 g/mol. The van der Waals surface area contributed by atoms with Crippen LogP contribution in [0.4, 0.5) is 0 Å². The number of carbonyl (C=O) groups is 1. The maximum absolute atomic E-state index is 11.3. The minimum atomic E-state index is -0.996. The Balaban J connectivity index is 2.41. The van der Waals surface area contributed by atoms with Crippen LogP contribution in [0, 0.1) is 0 Å². The lowest BCUT2D eigenvalue weighted by Gasteiger charge is -2.10. The molecule has 0 bridgehead atoms. The molecule has 0 heterocycles. The Hall–Kier alpha value is -2.49. The molecule has 0 amide bonds. The Bertz CT molecular complexity index is 602. The van der Waals surface area contributed by atoms with E-state index in [1.54, 1.807) is 19.2 Å². The number of aromatic carboxylic acids is 1. The van der Waals surface area contributed by atoms with Crippen LogP contribution in [0.15, 0.2) is 42.5 Å². The average Bonchev–Trinajstić information content (AvgIpc) is 2.48. The lowest BCUT2D eigenvalue weighted by molar-refractivity contribution is 0.0692. The van der Waals surface area contributed by atoms with Crippen LogP contribution < -0.4 is 9.47 Å². The van der Waals surface area contributed by atoms with Gasteiger partial charge in [-0.1, -0.05) is 18.2 Å². The van der Waals surface area contributed by atoms with E-state index in [4.69, 9.17) is 9.47 Å². The van der Waals surface area contributed by atoms with Gasteiger partial charge >= 0.3 is 5.97 Å². The molecule has 2 aromatic rings. The lowest BCUT2D eigenvalue weighted by atomic mass is 10.0. The van der Waals surface area contributed by atoms with Crippen LogP contribution in [0.3, 0.4) is 0 Å². The summed E-state index contributed by atoms with van der Waals surface area (Å²) in [5, 5.41) is 9.25. The average molecular weight is 272 g/mol. The molecule has 0 spiro atoms. The molecule has 4 nitrogen and oxygen atoms in total. The van der Waals surface area contributed by atoms with Crippen LogP contribution in [0.2, 0.25) is 0 Å². The number of rotatable bonds is 5. The molecule has 0 saturated heterocycles. The number of carboxylic acids is 1. The quantitative estimate of drug-likeness (QED) is 0.905. The molecule has 0 unspecified atom stereocenters. The zero-order valence-electron chi connectivity index (χ0n) is 11.4. The standard InChI is InChI=1S/C16H16O4/c1-3-20-15-9-6-12(10-14(15)16(17)18)11-4-7-13(19-2)8-5-11/h4-10H,3H2,1-2H3,(H,17,18). The van der Waals surface area contributed by atoms with E-state index in [1.807, 2.05) is 37.3 Å². The van der Waals surface area contributed by atoms with E-state index in [-0.39, 0.29) is 5.56 Å². The molecule has 2 rings (SSSR count). The second kappa shape index (κ2) is 6.10. The van der Waals surface area contributed by atoms with Gasteiger partial charge in [0.1, 0.15) is 17.1 Å². The van der Waals surface area contributed by atoms with Crippen molar-refractivity contribution in [1.82, 2.24) is 0 Å². The SMILES string of the molecule is CCOc1ccc(-c2ccc(OC)cc2)cc1C(=O)O. The largest absolute Gasteiger partial charge is 0.497 e. The molecule has 1 N–H and O–H groups in total. The second-order valence-electron chi connectivity index (χ2n) is 4.18. The Morgan fingerprint density at radius 2 is 1.75 bits per heavy atom. The van der Waals surface area contributed by atoms with Crippen molar-refractivity contribution in [2.24, 2.45) is 0 Å². The first-order valence-corrected chi connectivity index (χ1v) is 6.30. The zero-order valence-corrected chi connectivity index (χ0v) is 11.4. The van der Waals surface area contributed by atoms with Crippen molar-refractivity contribution in [2.75, 3.05) is 13.7 Å². The third kappa shape index (κ3) is 2.91. The summed E-state index contributed by atoms with van der Waals surface area (Å²) in [5.74, 6) is 0.152. The molecule has 0 aliphatic heterocycles. The fraction of sp³-hybridized carbons (Fsp3) is 0.188. The Morgan fingerprint density at radius 3 is 2.30 bits per heavy atom. The maximum Gasteiger partial charge on any atom is 0.339 e. The second-order valence-corrected chi connectivity index (χ2v) is 4.18. The first kappa shape index (κ1) is 13.9. The predicted octanol–water partition coefficient (Wildman–Crippen LogP) is 3.46. The van der Waals surface area contributed by atoms with E-state index < -0.39 is 5.97 Å². The normalized spacial score (nSPS) is 10.1. The van der Waals surface area contributed by atoms with E-state index in [2.05, 4.69) is 0 Å². The van der Waals surface area contributed by atoms with Crippen LogP contribution in [0.25, 0.3) is 11.1 Å². The fourth-order valence-electron chi connectivity index (χ4n) is 1.94. The van der Waals surface area contributed by atoms with Crippen molar-refractivity contribution in [3.05, 3.63) is 48.0 Å². The van der Waals surface area contributed by atoms with E-state index >= 15 is 0 Å². The number of hydrogen-bond acceptors (Lipinski definition) is 3. The zero-order chi connectivity index (χ0) is 14.5. The number of ether oxygens (including phenoxy) is 2. The van der Waals surface area contributed by atoms with E-state index in [0.29, 0.717) is 12.4 Å². The van der Waals surface area contributed by atoms with Gasteiger partial charge in [0.25, 0.3) is 0 Å². The summed E-state index contributed by atoms with van der Waals surface area (Å²) < 4.78 is 10.4. The van der Waals surface area contributed by atoms with Gasteiger partial charge in [0.2, 0.25) is 0 Å². The van der Waals surface area contributed by atoms with Gasteiger partial charge in [-0.05, 0) is 42.3 Å². The summed E-state index contributed by atoms with van der Waals surface area (Å²) in [5.41, 5.74) is 1.92. The molecular weight excluding hydrogens is 256 g/mol. The third-order valence-corrected chi connectivity index (χ3v) is 2.93. The molecular formula is C16H16O4. The van der Waals surface area contributed by atoms with Gasteiger partial charge in [-0.3, -0.25) is 0 Å². The molecule has 20 heavy (non-hydrogen) atoms. The van der Waals surface area contributed by atoms with Gasteiger partial charge in [0, 0.05) is 0 Å². The third-order valence-electron chi connectivity index (χ3n) is 2.93. The van der Waals surface area contributed by atoms with Gasteiger partial charge in [0.05, 0.1) is 13.7 Å². The Morgan fingerprint density at radius 1 is 1.10 bits per heavy atom. The molecule has 0 aliphatic carbocycles. The highest BCUT2D eigenvalue weighted by Gasteiger charge is 2.12. The van der Waals surface area contributed by atoms with Crippen LogP contribution in [0.5, 0.6) is 11.5 Å². The number of methoxy groups -OCH3 is 1.